The molecule has 0 aromatic carbocycles. The van der Waals surface area contributed by atoms with E-state index in [1.165, 1.54) is 0 Å². The van der Waals surface area contributed by atoms with Crippen molar-refractivity contribution in [2.45, 2.75) is 16.8 Å². The lowest BCUT2D eigenvalue weighted by atomic mass is 10.1. The number of carboxylic acid groups (broad SMARTS) is 1. The fourth-order valence-corrected chi connectivity index (χ4v) is 1.81. The van der Waals surface area contributed by atoms with Crippen molar-refractivity contribution < 1.29 is 9.90 Å². The summed E-state index contributed by atoms with van der Waals surface area (Å²) in [6, 6.07) is 0. The highest BCUT2D eigenvalue weighted by molar-refractivity contribution is 14.1. The molecule has 1 heterocycles. The molecule has 0 bridgehead atoms. The number of alkyl halides is 1. The van der Waals surface area contributed by atoms with E-state index < -0.39 is 5.97 Å². The molecule has 4 heteroatoms. The lowest BCUT2D eigenvalue weighted by Crippen LogP contribution is -2.37. The Morgan fingerprint density at radius 1 is 1.55 bits per heavy atom. The Morgan fingerprint density at radius 2 is 2.09 bits per heavy atom. The van der Waals surface area contributed by atoms with Gasteiger partial charge in [-0.25, -0.2) is 0 Å². The number of nitrogens with zero attached hydrogens (tertiary/aromatic N) is 1. The van der Waals surface area contributed by atoms with Crippen LogP contribution in [-0.2, 0) is 4.79 Å². The summed E-state index contributed by atoms with van der Waals surface area (Å²) in [5, 5.41) is 8.49. The van der Waals surface area contributed by atoms with Gasteiger partial charge in [0.2, 0.25) is 0 Å². The van der Waals surface area contributed by atoms with E-state index in [4.69, 9.17) is 5.11 Å². The van der Waals surface area contributed by atoms with Gasteiger partial charge in [-0.3, -0.25) is 9.69 Å². The highest BCUT2D eigenvalue weighted by Crippen LogP contribution is 2.17. The predicted octanol–water partition coefficient (Wildman–Crippen LogP) is 0.970. The average molecular weight is 269 g/mol. The molecule has 1 N–H and O–H groups in total. The summed E-state index contributed by atoms with van der Waals surface area (Å²) in [4.78, 5) is 12.3. The van der Waals surface area contributed by atoms with Gasteiger partial charge in [-0.05, 0) is 25.9 Å². The van der Waals surface area contributed by atoms with Crippen molar-refractivity contribution in [3.05, 3.63) is 0 Å². The second kappa shape index (κ2) is 4.25. The molecule has 0 unspecified atom stereocenters. The van der Waals surface area contributed by atoms with Gasteiger partial charge in [0.05, 0.1) is 6.54 Å². The normalized spacial score (nSPS) is 21.9. The van der Waals surface area contributed by atoms with E-state index in [-0.39, 0.29) is 6.54 Å². The molecule has 1 aliphatic heterocycles. The van der Waals surface area contributed by atoms with Gasteiger partial charge < -0.3 is 5.11 Å². The van der Waals surface area contributed by atoms with Crippen LogP contribution in [0.1, 0.15) is 12.8 Å². The summed E-state index contributed by atoms with van der Waals surface area (Å²) in [5.74, 6) is -0.711. The minimum atomic E-state index is -0.711. The third-order valence-electron chi connectivity index (χ3n) is 1.88. The summed E-state index contributed by atoms with van der Waals surface area (Å²) >= 11 is 2.43. The van der Waals surface area contributed by atoms with Crippen LogP contribution in [0.25, 0.3) is 0 Å². The van der Waals surface area contributed by atoms with Crippen molar-refractivity contribution in [1.82, 2.24) is 4.90 Å². The van der Waals surface area contributed by atoms with E-state index in [2.05, 4.69) is 22.6 Å². The van der Waals surface area contributed by atoms with E-state index in [1.807, 2.05) is 4.90 Å². The first kappa shape index (κ1) is 9.25. The highest BCUT2D eigenvalue weighted by atomic mass is 127. The van der Waals surface area contributed by atoms with Crippen molar-refractivity contribution in [2.75, 3.05) is 19.6 Å². The number of carboxylic acids is 1. The highest BCUT2D eigenvalue weighted by Gasteiger charge is 2.17. The van der Waals surface area contributed by atoms with Crippen molar-refractivity contribution in [3.63, 3.8) is 0 Å². The Hall–Kier alpha value is 0.160. The van der Waals surface area contributed by atoms with Gasteiger partial charge in [-0.1, -0.05) is 22.6 Å². The summed E-state index contributed by atoms with van der Waals surface area (Å²) < 4.78 is 0.748. The third-order valence-corrected chi connectivity index (χ3v) is 3.12. The van der Waals surface area contributed by atoms with Crippen LogP contribution in [0.5, 0.6) is 0 Å². The molecule has 0 atom stereocenters. The molecule has 3 nitrogen and oxygen atoms in total. The van der Waals surface area contributed by atoms with Crippen molar-refractivity contribution in [1.29, 1.82) is 0 Å². The quantitative estimate of drug-likeness (QED) is 0.600. The van der Waals surface area contributed by atoms with E-state index in [9.17, 15) is 4.79 Å². The standard InChI is InChI=1S/C7H12INO2/c8-6-1-3-9(4-2-6)5-7(10)11/h6H,1-5H2,(H,10,11). The van der Waals surface area contributed by atoms with E-state index in [0.29, 0.717) is 0 Å². The van der Waals surface area contributed by atoms with Gasteiger partial charge in [0.1, 0.15) is 0 Å². The Balaban J connectivity index is 2.22. The van der Waals surface area contributed by atoms with E-state index in [1.54, 1.807) is 0 Å². The van der Waals surface area contributed by atoms with Crippen molar-refractivity contribution in [3.8, 4) is 0 Å². The molecule has 0 radical (unpaired) electrons. The maximum Gasteiger partial charge on any atom is 0.317 e. The maximum atomic E-state index is 10.3. The van der Waals surface area contributed by atoms with Crippen LogP contribution in [0.2, 0.25) is 0 Å². The number of aliphatic carboxylic acids is 1. The van der Waals surface area contributed by atoms with Gasteiger partial charge in [0.25, 0.3) is 0 Å². The van der Waals surface area contributed by atoms with Crippen molar-refractivity contribution in [2.24, 2.45) is 0 Å². The van der Waals surface area contributed by atoms with Crippen LogP contribution in [0.4, 0.5) is 0 Å². The SMILES string of the molecule is O=C(O)CN1CCC(I)CC1. The van der Waals surface area contributed by atoms with Crippen LogP contribution in [-0.4, -0.2) is 39.5 Å². The average Bonchev–Trinajstić information content (AvgIpc) is 1.93. The summed E-state index contributed by atoms with van der Waals surface area (Å²) in [6.45, 7) is 2.10. The monoisotopic (exact) mass is 269 g/mol. The van der Waals surface area contributed by atoms with Crippen LogP contribution in [0.15, 0.2) is 0 Å². The predicted molar refractivity (Wildman–Crippen MR) is 51.1 cm³/mol. The van der Waals surface area contributed by atoms with Gasteiger partial charge in [-0.15, -0.1) is 0 Å². The first-order valence-corrected chi connectivity index (χ1v) is 5.01. The largest absolute Gasteiger partial charge is 0.480 e. The third kappa shape index (κ3) is 3.37. The molecule has 11 heavy (non-hydrogen) atoms. The zero-order valence-electron chi connectivity index (χ0n) is 6.29. The number of piperidine rings is 1. The van der Waals surface area contributed by atoms with Gasteiger partial charge in [0.15, 0.2) is 0 Å². The van der Waals surface area contributed by atoms with Gasteiger partial charge in [0, 0.05) is 3.92 Å². The summed E-state index contributed by atoms with van der Waals surface area (Å²) in [7, 11) is 0. The second-order valence-corrected chi connectivity index (χ2v) is 4.61. The molecule has 0 aromatic rings. The van der Waals surface area contributed by atoms with Crippen LogP contribution in [0, 0.1) is 0 Å². The smallest absolute Gasteiger partial charge is 0.317 e. The fraction of sp³-hybridized carbons (Fsp3) is 0.857. The molecule has 1 rings (SSSR count). The number of carbonyl (C=O) groups is 1. The summed E-state index contributed by atoms with van der Waals surface area (Å²) in [6.07, 6.45) is 2.27. The molecule has 1 saturated heterocycles. The number of hydrogen-bond acceptors (Lipinski definition) is 2. The Bertz CT molecular complexity index is 143. The first-order chi connectivity index (χ1) is 5.18. The lowest BCUT2D eigenvalue weighted by molar-refractivity contribution is -0.138. The molecule has 1 fully saturated rings. The van der Waals surface area contributed by atoms with Gasteiger partial charge in [-0.2, -0.15) is 0 Å². The number of rotatable bonds is 2. The van der Waals surface area contributed by atoms with Crippen LogP contribution < -0.4 is 0 Å². The van der Waals surface area contributed by atoms with E-state index >= 15 is 0 Å². The minimum absolute atomic E-state index is 0.212. The molecule has 0 aromatic heterocycles. The summed E-state index contributed by atoms with van der Waals surface area (Å²) in [5.41, 5.74) is 0. The second-order valence-electron chi connectivity index (χ2n) is 2.84. The molecule has 0 amide bonds. The topological polar surface area (TPSA) is 40.5 Å². The Labute approximate surface area is 79.9 Å². The molecular weight excluding hydrogens is 257 g/mol. The van der Waals surface area contributed by atoms with E-state index in [0.717, 1.165) is 29.9 Å². The fourth-order valence-electron chi connectivity index (χ4n) is 1.25. The zero-order chi connectivity index (χ0) is 8.27. The molecule has 64 valence electrons. The molecule has 0 saturated carbocycles. The molecule has 0 aliphatic carbocycles. The Morgan fingerprint density at radius 3 is 2.55 bits per heavy atom. The molecular formula is C7H12INO2. The van der Waals surface area contributed by atoms with Crippen LogP contribution in [0.3, 0.4) is 0 Å². The number of hydrogen-bond donors (Lipinski definition) is 1. The van der Waals surface area contributed by atoms with Gasteiger partial charge >= 0.3 is 5.97 Å². The van der Waals surface area contributed by atoms with Crippen LogP contribution >= 0.6 is 22.6 Å². The molecule has 1 aliphatic rings. The lowest BCUT2D eigenvalue weighted by Gasteiger charge is -2.27. The number of likely N-dealkylation sites (tertiary alicyclic amines) is 1. The first-order valence-electron chi connectivity index (χ1n) is 3.76. The molecule has 0 spiro atoms. The maximum absolute atomic E-state index is 10.3. The van der Waals surface area contributed by atoms with Crippen molar-refractivity contribution >= 4 is 28.6 Å². The Kier molecular flexibility index (Phi) is 3.58. The zero-order valence-corrected chi connectivity index (χ0v) is 8.45. The minimum Gasteiger partial charge on any atom is -0.480 e. The number of halogens is 1.